The monoisotopic (exact) mass is 241 g/mol. The highest BCUT2D eigenvalue weighted by Crippen LogP contribution is 2.33. The topological polar surface area (TPSA) is 50.2 Å². The number of fused-ring (bicyclic) bond motifs is 1. The molecule has 0 aliphatic rings. The lowest BCUT2D eigenvalue weighted by Gasteiger charge is -2.10. The Balaban J connectivity index is 2.80. The molecule has 0 amide bonds. The number of aromatic nitrogens is 1. The first-order valence-corrected chi connectivity index (χ1v) is 4.60. The maximum atomic E-state index is 12.6. The van der Waals surface area contributed by atoms with Gasteiger partial charge in [-0.3, -0.25) is 0 Å². The number of hydrogen-bond donors (Lipinski definition) is 1. The fraction of sp³-hybridized carbons (Fsp3) is 0.0909. The Morgan fingerprint density at radius 2 is 1.88 bits per heavy atom. The van der Waals surface area contributed by atoms with E-state index in [-0.39, 0.29) is 10.9 Å². The molecule has 0 atom stereocenters. The highest BCUT2D eigenvalue weighted by atomic mass is 19.4. The van der Waals surface area contributed by atoms with Crippen molar-refractivity contribution in [2.75, 3.05) is 0 Å². The van der Waals surface area contributed by atoms with Crippen LogP contribution in [0.3, 0.4) is 0 Å². The molecule has 1 aromatic carbocycles. The Labute approximate surface area is 93.5 Å². The van der Waals surface area contributed by atoms with Crippen LogP contribution >= 0.6 is 0 Å². The molecule has 1 heterocycles. The van der Waals surface area contributed by atoms with E-state index in [1.165, 1.54) is 12.1 Å². The van der Waals surface area contributed by atoms with Gasteiger partial charge in [0.2, 0.25) is 0 Å². The van der Waals surface area contributed by atoms with Crippen molar-refractivity contribution in [1.82, 2.24) is 4.98 Å². The fourth-order valence-corrected chi connectivity index (χ4v) is 1.50. The second-order valence-electron chi connectivity index (χ2n) is 3.38. The van der Waals surface area contributed by atoms with Gasteiger partial charge in [-0.05, 0) is 12.1 Å². The van der Waals surface area contributed by atoms with Gasteiger partial charge in [-0.1, -0.05) is 18.2 Å². The lowest BCUT2D eigenvalue weighted by molar-refractivity contribution is -0.138. The van der Waals surface area contributed by atoms with Gasteiger partial charge < -0.3 is 5.11 Å². The Morgan fingerprint density at radius 3 is 2.47 bits per heavy atom. The van der Waals surface area contributed by atoms with E-state index in [4.69, 9.17) is 5.11 Å². The number of aromatic carboxylic acids is 1. The van der Waals surface area contributed by atoms with Crippen molar-refractivity contribution in [3.05, 3.63) is 41.6 Å². The highest BCUT2D eigenvalue weighted by molar-refractivity contribution is 5.92. The van der Waals surface area contributed by atoms with Crippen LogP contribution in [0.5, 0.6) is 0 Å². The normalized spacial score (nSPS) is 11.7. The van der Waals surface area contributed by atoms with Crippen LogP contribution in [-0.4, -0.2) is 16.1 Å². The molecule has 3 nitrogen and oxygen atoms in total. The fourth-order valence-electron chi connectivity index (χ4n) is 1.50. The second kappa shape index (κ2) is 3.73. The summed E-state index contributed by atoms with van der Waals surface area (Å²) in [5.74, 6) is -1.69. The number of carboxylic acids is 1. The lowest BCUT2D eigenvalue weighted by Crippen LogP contribution is -2.14. The number of alkyl halides is 3. The van der Waals surface area contributed by atoms with Crippen LogP contribution in [0.15, 0.2) is 30.3 Å². The summed E-state index contributed by atoms with van der Waals surface area (Å²) in [5, 5.41) is 8.98. The number of halogens is 3. The second-order valence-corrected chi connectivity index (χ2v) is 3.38. The molecule has 0 aliphatic heterocycles. The van der Waals surface area contributed by atoms with Crippen molar-refractivity contribution >= 4 is 16.9 Å². The van der Waals surface area contributed by atoms with E-state index in [1.54, 1.807) is 12.1 Å². The summed E-state index contributed by atoms with van der Waals surface area (Å²) in [6.45, 7) is 0. The Morgan fingerprint density at radius 1 is 1.24 bits per heavy atom. The van der Waals surface area contributed by atoms with Crippen LogP contribution in [0.2, 0.25) is 0 Å². The van der Waals surface area contributed by atoms with Gasteiger partial charge in [0.15, 0.2) is 5.69 Å². The number of benzene rings is 1. The molecule has 2 rings (SSSR count). The van der Waals surface area contributed by atoms with Crippen LogP contribution in [0.1, 0.15) is 16.1 Å². The summed E-state index contributed by atoms with van der Waals surface area (Å²) in [4.78, 5) is 14.3. The van der Waals surface area contributed by atoms with Crippen molar-refractivity contribution < 1.29 is 23.1 Å². The SMILES string of the molecule is O=C(O)c1nc2ccccc2cc1C(F)(F)F. The van der Waals surface area contributed by atoms with E-state index >= 15 is 0 Å². The smallest absolute Gasteiger partial charge is 0.418 e. The van der Waals surface area contributed by atoms with Gasteiger partial charge in [-0.2, -0.15) is 13.2 Å². The molecule has 1 aromatic heterocycles. The summed E-state index contributed by atoms with van der Waals surface area (Å²) in [5.41, 5.74) is -1.99. The van der Waals surface area contributed by atoms with Crippen molar-refractivity contribution in [3.63, 3.8) is 0 Å². The van der Waals surface area contributed by atoms with Gasteiger partial charge in [0.25, 0.3) is 0 Å². The number of carboxylic acid groups (broad SMARTS) is 1. The van der Waals surface area contributed by atoms with Gasteiger partial charge in [0.05, 0.1) is 11.1 Å². The molecule has 0 spiro atoms. The third kappa shape index (κ3) is 2.06. The molecular weight excluding hydrogens is 235 g/mol. The van der Waals surface area contributed by atoms with Crippen molar-refractivity contribution in [3.8, 4) is 0 Å². The molecule has 1 N–H and O–H groups in total. The maximum Gasteiger partial charge on any atom is 0.418 e. The van der Waals surface area contributed by atoms with E-state index in [1.807, 2.05) is 0 Å². The van der Waals surface area contributed by atoms with E-state index in [2.05, 4.69) is 4.98 Å². The lowest BCUT2D eigenvalue weighted by atomic mass is 10.1. The van der Waals surface area contributed by atoms with Crippen molar-refractivity contribution in [2.24, 2.45) is 0 Å². The molecule has 2 aromatic rings. The minimum absolute atomic E-state index is 0.220. The standard InChI is InChI=1S/C11H6F3NO2/c12-11(13,14)7-5-6-3-1-2-4-8(6)15-9(7)10(16)17/h1-5H,(H,16,17). The number of nitrogens with zero attached hydrogens (tertiary/aromatic N) is 1. The summed E-state index contributed by atoms with van der Waals surface area (Å²) in [6, 6.07) is 6.84. The van der Waals surface area contributed by atoms with Gasteiger partial charge in [0, 0.05) is 5.39 Å². The number of carbonyl (C=O) groups is 1. The largest absolute Gasteiger partial charge is 0.476 e. The van der Waals surface area contributed by atoms with Crippen LogP contribution in [0.25, 0.3) is 10.9 Å². The summed E-state index contributed by atoms with van der Waals surface area (Å²) >= 11 is 0. The third-order valence-corrected chi connectivity index (χ3v) is 2.23. The maximum absolute atomic E-state index is 12.6. The quantitative estimate of drug-likeness (QED) is 0.835. The molecule has 0 saturated heterocycles. The summed E-state index contributed by atoms with van der Waals surface area (Å²) < 4.78 is 37.9. The Bertz CT molecular complexity index is 593. The average Bonchev–Trinajstić information content (AvgIpc) is 2.26. The predicted octanol–water partition coefficient (Wildman–Crippen LogP) is 2.95. The van der Waals surface area contributed by atoms with Crippen LogP contribution < -0.4 is 0 Å². The minimum Gasteiger partial charge on any atom is -0.476 e. The van der Waals surface area contributed by atoms with E-state index in [0.29, 0.717) is 0 Å². The van der Waals surface area contributed by atoms with E-state index in [0.717, 1.165) is 6.07 Å². The zero-order valence-electron chi connectivity index (χ0n) is 8.32. The zero-order valence-corrected chi connectivity index (χ0v) is 8.32. The zero-order chi connectivity index (χ0) is 12.6. The van der Waals surface area contributed by atoms with Gasteiger partial charge in [-0.15, -0.1) is 0 Å². The third-order valence-electron chi connectivity index (χ3n) is 2.23. The number of rotatable bonds is 1. The minimum atomic E-state index is -4.73. The van der Waals surface area contributed by atoms with Crippen LogP contribution in [-0.2, 0) is 6.18 Å². The van der Waals surface area contributed by atoms with Crippen molar-refractivity contribution in [1.29, 1.82) is 0 Å². The van der Waals surface area contributed by atoms with E-state index in [9.17, 15) is 18.0 Å². The van der Waals surface area contributed by atoms with E-state index < -0.39 is 23.4 Å². The average molecular weight is 241 g/mol. The molecule has 0 radical (unpaired) electrons. The van der Waals surface area contributed by atoms with Crippen molar-refractivity contribution in [2.45, 2.75) is 6.18 Å². The number of para-hydroxylation sites is 1. The Hall–Kier alpha value is -2.11. The first-order chi connectivity index (χ1) is 7.89. The van der Waals surface area contributed by atoms with Crippen LogP contribution in [0.4, 0.5) is 13.2 Å². The predicted molar refractivity (Wildman–Crippen MR) is 53.7 cm³/mol. The molecular formula is C11H6F3NO2. The first-order valence-electron chi connectivity index (χ1n) is 4.60. The van der Waals surface area contributed by atoms with Gasteiger partial charge >= 0.3 is 12.1 Å². The summed E-state index contributed by atoms with van der Waals surface area (Å²) in [6.07, 6.45) is -4.73. The summed E-state index contributed by atoms with van der Waals surface area (Å²) in [7, 11) is 0. The Kier molecular flexibility index (Phi) is 2.49. The molecule has 88 valence electrons. The molecule has 0 bridgehead atoms. The van der Waals surface area contributed by atoms with Gasteiger partial charge in [-0.25, -0.2) is 9.78 Å². The number of hydrogen-bond acceptors (Lipinski definition) is 2. The number of pyridine rings is 1. The molecule has 0 saturated carbocycles. The highest BCUT2D eigenvalue weighted by Gasteiger charge is 2.36. The van der Waals surface area contributed by atoms with Crippen LogP contribution in [0, 0.1) is 0 Å². The molecule has 0 fully saturated rings. The first kappa shape index (κ1) is 11.4. The molecule has 0 aliphatic carbocycles. The molecule has 0 unspecified atom stereocenters. The van der Waals surface area contributed by atoms with Gasteiger partial charge in [0.1, 0.15) is 0 Å². The molecule has 17 heavy (non-hydrogen) atoms. The molecule has 6 heteroatoms.